The van der Waals surface area contributed by atoms with Gasteiger partial charge >= 0.3 is 0 Å². The van der Waals surface area contributed by atoms with Gasteiger partial charge in [-0.2, -0.15) is 9.78 Å². The summed E-state index contributed by atoms with van der Waals surface area (Å²) in [6.07, 6.45) is 1.62. The lowest BCUT2D eigenvalue weighted by molar-refractivity contribution is -0.384. The second kappa shape index (κ2) is 10.6. The van der Waals surface area contributed by atoms with Crippen LogP contribution in [-0.2, 0) is 6.61 Å². The van der Waals surface area contributed by atoms with Gasteiger partial charge in [0.25, 0.3) is 11.2 Å². The molecule has 0 aliphatic heterocycles. The van der Waals surface area contributed by atoms with Crippen molar-refractivity contribution in [1.29, 1.82) is 0 Å². The van der Waals surface area contributed by atoms with Gasteiger partial charge < -0.3 is 4.74 Å². The van der Waals surface area contributed by atoms with Crippen molar-refractivity contribution in [2.45, 2.75) is 26.4 Å². The minimum Gasteiger partial charge on any atom is -0.488 e. The number of ether oxygens (including phenoxy) is 1. The highest BCUT2D eigenvalue weighted by atomic mass is 127. The van der Waals surface area contributed by atoms with Crippen molar-refractivity contribution in [2.24, 2.45) is 5.10 Å². The molecule has 0 atom stereocenters. The highest BCUT2D eigenvalue weighted by molar-refractivity contribution is 14.1. The SMILES string of the molecule is CC(C)c1nc2ccc(Br)cc2c(=O)n1N=Cc1ccc(OCc2cccc([N+](=O)[O-])c2)c(I)c1. The van der Waals surface area contributed by atoms with E-state index < -0.39 is 4.92 Å². The standard InChI is InChI=1S/C25H20BrIN4O4/c1-15(2)24-29-22-8-7-18(26)12-20(22)25(32)30(24)28-13-16-6-9-23(21(27)11-16)35-14-17-4-3-5-19(10-17)31(33)34/h3-13,15H,14H2,1-2H3. The maximum Gasteiger partial charge on any atom is 0.282 e. The van der Waals surface area contributed by atoms with Crippen molar-refractivity contribution in [2.75, 3.05) is 0 Å². The van der Waals surface area contributed by atoms with Crippen LogP contribution in [0.4, 0.5) is 5.69 Å². The third-order valence-corrected chi connectivity index (χ3v) is 6.48. The number of nitro benzene ring substituents is 1. The number of benzene rings is 3. The van der Waals surface area contributed by atoms with E-state index in [9.17, 15) is 14.9 Å². The summed E-state index contributed by atoms with van der Waals surface area (Å²) in [5.74, 6) is 1.22. The molecule has 4 aromatic rings. The molecule has 4 rings (SSSR count). The number of rotatable bonds is 7. The second-order valence-electron chi connectivity index (χ2n) is 8.05. The molecule has 0 spiro atoms. The van der Waals surface area contributed by atoms with E-state index >= 15 is 0 Å². The van der Waals surface area contributed by atoms with Gasteiger partial charge in [0, 0.05) is 22.5 Å². The Balaban J connectivity index is 1.58. The maximum atomic E-state index is 13.2. The largest absolute Gasteiger partial charge is 0.488 e. The Labute approximate surface area is 223 Å². The van der Waals surface area contributed by atoms with Crippen molar-refractivity contribution in [3.8, 4) is 5.75 Å². The predicted octanol–water partition coefficient (Wildman–Crippen LogP) is 6.26. The molecule has 0 unspecified atom stereocenters. The third-order valence-electron chi connectivity index (χ3n) is 5.14. The molecule has 0 saturated carbocycles. The van der Waals surface area contributed by atoms with Crippen LogP contribution in [-0.4, -0.2) is 20.8 Å². The first-order chi connectivity index (χ1) is 16.7. The number of nitrogens with zero attached hydrogens (tertiary/aromatic N) is 4. The van der Waals surface area contributed by atoms with Crippen LogP contribution in [0.3, 0.4) is 0 Å². The summed E-state index contributed by atoms with van der Waals surface area (Å²) >= 11 is 5.57. The van der Waals surface area contributed by atoms with Gasteiger partial charge in [0.2, 0.25) is 0 Å². The summed E-state index contributed by atoms with van der Waals surface area (Å²) < 4.78 is 8.85. The number of fused-ring (bicyclic) bond motifs is 1. The van der Waals surface area contributed by atoms with Gasteiger partial charge in [-0.05, 0) is 70.1 Å². The normalized spacial score (nSPS) is 11.5. The monoisotopic (exact) mass is 646 g/mol. The molecule has 1 aromatic heterocycles. The van der Waals surface area contributed by atoms with Crippen LogP contribution in [0.15, 0.2) is 75.0 Å². The molecule has 0 fully saturated rings. The van der Waals surface area contributed by atoms with Crippen LogP contribution >= 0.6 is 38.5 Å². The van der Waals surface area contributed by atoms with E-state index in [1.807, 2.05) is 44.2 Å². The van der Waals surface area contributed by atoms with Crippen molar-refractivity contribution in [1.82, 2.24) is 9.66 Å². The van der Waals surface area contributed by atoms with Gasteiger partial charge in [0.05, 0.1) is 25.6 Å². The van der Waals surface area contributed by atoms with Gasteiger partial charge in [0.15, 0.2) is 0 Å². The minimum absolute atomic E-state index is 0.00220. The van der Waals surface area contributed by atoms with Crippen molar-refractivity contribution < 1.29 is 9.66 Å². The van der Waals surface area contributed by atoms with Gasteiger partial charge in [0.1, 0.15) is 18.2 Å². The summed E-state index contributed by atoms with van der Waals surface area (Å²) in [7, 11) is 0. The first-order valence-electron chi connectivity index (χ1n) is 10.6. The zero-order valence-electron chi connectivity index (χ0n) is 18.8. The number of hydrogen-bond acceptors (Lipinski definition) is 6. The number of hydrogen-bond donors (Lipinski definition) is 0. The van der Waals surface area contributed by atoms with Crippen LogP contribution in [0.1, 0.15) is 36.7 Å². The zero-order valence-corrected chi connectivity index (χ0v) is 22.6. The first-order valence-corrected chi connectivity index (χ1v) is 12.5. The fourth-order valence-electron chi connectivity index (χ4n) is 3.41. The van der Waals surface area contributed by atoms with Crippen LogP contribution < -0.4 is 10.3 Å². The average Bonchev–Trinajstić information content (AvgIpc) is 2.83. The Morgan fingerprint density at radius 2 is 2.00 bits per heavy atom. The van der Waals surface area contributed by atoms with E-state index in [1.165, 1.54) is 16.8 Å². The summed E-state index contributed by atoms with van der Waals surface area (Å²) in [6, 6.07) is 17.3. The van der Waals surface area contributed by atoms with Crippen LogP contribution in [0.2, 0.25) is 0 Å². The predicted molar refractivity (Wildman–Crippen MR) is 147 cm³/mol. The molecular weight excluding hydrogens is 627 g/mol. The fraction of sp³-hybridized carbons (Fsp3) is 0.160. The highest BCUT2D eigenvalue weighted by Crippen LogP contribution is 2.24. The highest BCUT2D eigenvalue weighted by Gasteiger charge is 2.14. The smallest absolute Gasteiger partial charge is 0.282 e. The molecule has 0 N–H and O–H groups in total. The van der Waals surface area contributed by atoms with Gasteiger partial charge in [-0.15, -0.1) is 0 Å². The number of aromatic nitrogens is 2. The van der Waals surface area contributed by atoms with E-state index in [1.54, 1.807) is 24.4 Å². The van der Waals surface area contributed by atoms with Crippen LogP contribution in [0.25, 0.3) is 10.9 Å². The Hall–Kier alpha value is -3.12. The number of halogens is 2. The molecule has 1 heterocycles. The molecule has 0 radical (unpaired) electrons. The molecule has 0 aliphatic rings. The molecule has 8 nitrogen and oxygen atoms in total. The molecule has 0 saturated heterocycles. The van der Waals surface area contributed by atoms with Gasteiger partial charge in [-0.1, -0.05) is 41.9 Å². The Morgan fingerprint density at radius 1 is 1.20 bits per heavy atom. The summed E-state index contributed by atoms with van der Waals surface area (Å²) in [6.45, 7) is 4.14. The minimum atomic E-state index is -0.429. The lowest BCUT2D eigenvalue weighted by atomic mass is 10.2. The van der Waals surface area contributed by atoms with E-state index in [0.717, 1.165) is 13.6 Å². The van der Waals surface area contributed by atoms with Gasteiger partial charge in [-0.25, -0.2) is 4.98 Å². The molecule has 178 valence electrons. The molecule has 0 amide bonds. The molecular formula is C25H20BrIN4O4. The zero-order chi connectivity index (χ0) is 25.1. The third kappa shape index (κ3) is 5.76. The lowest BCUT2D eigenvalue weighted by Crippen LogP contribution is -2.23. The average molecular weight is 647 g/mol. The maximum absolute atomic E-state index is 13.2. The van der Waals surface area contributed by atoms with Crippen molar-refractivity contribution in [3.05, 3.63) is 106 Å². The van der Waals surface area contributed by atoms with E-state index in [-0.39, 0.29) is 23.8 Å². The fourth-order valence-corrected chi connectivity index (χ4v) is 4.47. The first kappa shape index (κ1) is 25.0. The van der Waals surface area contributed by atoms with E-state index in [0.29, 0.717) is 28.0 Å². The topological polar surface area (TPSA) is 99.6 Å². The van der Waals surface area contributed by atoms with E-state index in [2.05, 4.69) is 48.6 Å². The number of nitro groups is 1. The lowest BCUT2D eigenvalue weighted by Gasteiger charge is -2.12. The van der Waals surface area contributed by atoms with Crippen molar-refractivity contribution >= 4 is 61.3 Å². The number of non-ortho nitro benzene ring substituents is 1. The van der Waals surface area contributed by atoms with Crippen LogP contribution in [0, 0.1) is 13.7 Å². The Bertz CT molecular complexity index is 1520. The molecule has 0 aliphatic carbocycles. The molecule has 35 heavy (non-hydrogen) atoms. The Kier molecular flexibility index (Phi) is 7.60. The summed E-state index contributed by atoms with van der Waals surface area (Å²) in [5, 5.41) is 15.9. The summed E-state index contributed by atoms with van der Waals surface area (Å²) in [4.78, 5) is 28.4. The van der Waals surface area contributed by atoms with Gasteiger partial charge in [-0.3, -0.25) is 14.9 Å². The quantitative estimate of drug-likeness (QED) is 0.102. The Morgan fingerprint density at radius 3 is 2.71 bits per heavy atom. The van der Waals surface area contributed by atoms with Crippen molar-refractivity contribution in [3.63, 3.8) is 0 Å². The molecule has 10 heteroatoms. The second-order valence-corrected chi connectivity index (χ2v) is 10.1. The molecule has 0 bridgehead atoms. The molecule has 3 aromatic carbocycles. The van der Waals surface area contributed by atoms with E-state index in [4.69, 9.17) is 4.74 Å². The summed E-state index contributed by atoms with van der Waals surface area (Å²) in [5.41, 5.74) is 1.92. The van der Waals surface area contributed by atoms with Crippen LogP contribution in [0.5, 0.6) is 5.75 Å².